The molecule has 2 aromatic carbocycles. The zero-order valence-electron chi connectivity index (χ0n) is 15.7. The Morgan fingerprint density at radius 1 is 0.750 bits per heavy atom. The monoisotopic (exact) mass is 318 g/mol. The Balaban J connectivity index is 2.06. The molecule has 124 valence electrons. The second kappa shape index (κ2) is 6.05. The van der Waals surface area contributed by atoms with Crippen LogP contribution in [0, 0.1) is 13.8 Å². The summed E-state index contributed by atoms with van der Waals surface area (Å²) in [5.41, 5.74) is 6.37. The van der Waals surface area contributed by atoms with E-state index in [4.69, 9.17) is 0 Å². The highest BCUT2D eigenvalue weighted by molar-refractivity contribution is 6.67. The molecule has 0 fully saturated rings. The van der Waals surface area contributed by atoms with E-state index < -0.39 is 0 Å². The largest absolute Gasteiger partial charge is 0.388 e. The van der Waals surface area contributed by atoms with Crippen LogP contribution in [0.25, 0.3) is 0 Å². The van der Waals surface area contributed by atoms with Crippen LogP contribution in [0.15, 0.2) is 60.3 Å². The predicted molar refractivity (Wildman–Crippen MR) is 107 cm³/mol. The fourth-order valence-corrected chi connectivity index (χ4v) is 3.92. The first kappa shape index (κ1) is 16.7. The van der Waals surface area contributed by atoms with E-state index in [1.807, 2.05) is 0 Å². The van der Waals surface area contributed by atoms with Gasteiger partial charge in [-0.3, -0.25) is 0 Å². The van der Waals surface area contributed by atoms with Crippen molar-refractivity contribution in [2.24, 2.45) is 0 Å². The SMILES string of the molecule is CB1N(c2ccc(C)cc2)C(C)=CC(C)(C)N1c1ccc(C)cc1. The van der Waals surface area contributed by atoms with Crippen LogP contribution in [-0.2, 0) is 0 Å². The molecule has 2 nitrogen and oxygen atoms in total. The molecule has 0 atom stereocenters. The standard InChI is InChI=1S/C21H27BN2/c1-16-7-11-19(12-8-16)23-18(3)15-21(4,5)24(22(23)6)20-13-9-17(2)10-14-20/h7-15H,1-6H3. The first-order valence-corrected chi connectivity index (χ1v) is 8.71. The van der Waals surface area contributed by atoms with Gasteiger partial charge in [0.1, 0.15) is 0 Å². The van der Waals surface area contributed by atoms with Crippen LogP contribution in [0.2, 0.25) is 6.82 Å². The molecule has 0 aliphatic carbocycles. The molecular weight excluding hydrogens is 291 g/mol. The Hall–Kier alpha value is -2.16. The normalized spacial score (nSPS) is 17.1. The van der Waals surface area contributed by atoms with Crippen molar-refractivity contribution in [1.82, 2.24) is 0 Å². The van der Waals surface area contributed by atoms with Crippen LogP contribution < -0.4 is 9.62 Å². The van der Waals surface area contributed by atoms with Gasteiger partial charge in [0.25, 0.3) is 0 Å². The molecule has 1 heterocycles. The van der Waals surface area contributed by atoms with Crippen LogP contribution in [-0.4, -0.2) is 12.5 Å². The predicted octanol–water partition coefficient (Wildman–Crippen LogP) is 5.43. The molecule has 2 aromatic rings. The van der Waals surface area contributed by atoms with Crippen molar-refractivity contribution in [3.8, 4) is 0 Å². The van der Waals surface area contributed by atoms with E-state index in [9.17, 15) is 0 Å². The molecule has 0 saturated heterocycles. The second-order valence-corrected chi connectivity index (χ2v) is 7.48. The molecule has 0 bridgehead atoms. The van der Waals surface area contributed by atoms with E-state index in [1.165, 1.54) is 28.2 Å². The summed E-state index contributed by atoms with van der Waals surface area (Å²) < 4.78 is 0. The van der Waals surface area contributed by atoms with Crippen molar-refractivity contribution in [3.05, 3.63) is 71.4 Å². The topological polar surface area (TPSA) is 6.48 Å². The van der Waals surface area contributed by atoms with Gasteiger partial charge in [0.15, 0.2) is 0 Å². The van der Waals surface area contributed by atoms with Crippen molar-refractivity contribution >= 4 is 18.4 Å². The number of hydrogen-bond donors (Lipinski definition) is 0. The third-order valence-electron chi connectivity index (χ3n) is 4.93. The molecular formula is C21H27BN2. The van der Waals surface area contributed by atoms with Crippen molar-refractivity contribution < 1.29 is 0 Å². The first-order chi connectivity index (χ1) is 11.3. The molecule has 0 saturated carbocycles. The summed E-state index contributed by atoms with van der Waals surface area (Å²) in [6.45, 7) is 13.6. The lowest BCUT2D eigenvalue weighted by Gasteiger charge is -2.50. The summed E-state index contributed by atoms with van der Waals surface area (Å²) in [5, 5.41) is 0. The molecule has 0 amide bonds. The van der Waals surface area contributed by atoms with Gasteiger partial charge < -0.3 is 9.62 Å². The first-order valence-electron chi connectivity index (χ1n) is 8.71. The summed E-state index contributed by atoms with van der Waals surface area (Å²) in [4.78, 5) is 4.92. The second-order valence-electron chi connectivity index (χ2n) is 7.48. The summed E-state index contributed by atoms with van der Waals surface area (Å²) in [6.07, 6.45) is 2.37. The third kappa shape index (κ3) is 2.95. The van der Waals surface area contributed by atoms with Gasteiger partial charge in [-0.1, -0.05) is 35.4 Å². The molecule has 0 spiro atoms. The molecule has 0 unspecified atom stereocenters. The minimum atomic E-state index is -0.0278. The van der Waals surface area contributed by atoms with E-state index in [1.54, 1.807) is 0 Å². The van der Waals surface area contributed by atoms with Gasteiger partial charge in [-0.05, 0) is 71.8 Å². The van der Waals surface area contributed by atoms with E-state index in [2.05, 4.69) is 106 Å². The maximum absolute atomic E-state index is 2.50. The molecule has 24 heavy (non-hydrogen) atoms. The van der Waals surface area contributed by atoms with Crippen LogP contribution >= 0.6 is 0 Å². The van der Waals surface area contributed by atoms with Crippen LogP contribution in [0.5, 0.6) is 0 Å². The quantitative estimate of drug-likeness (QED) is 0.681. The Kier molecular flexibility index (Phi) is 4.21. The Bertz CT molecular complexity index is 744. The third-order valence-corrected chi connectivity index (χ3v) is 4.93. The summed E-state index contributed by atoms with van der Waals surface area (Å²) in [7, 11) is 0. The van der Waals surface area contributed by atoms with Crippen molar-refractivity contribution in [2.45, 2.75) is 47.0 Å². The fraction of sp³-hybridized carbons (Fsp3) is 0.333. The Morgan fingerprint density at radius 2 is 1.21 bits per heavy atom. The van der Waals surface area contributed by atoms with Gasteiger partial charge in [-0.25, -0.2) is 0 Å². The Morgan fingerprint density at radius 3 is 1.71 bits per heavy atom. The lowest BCUT2D eigenvalue weighted by molar-refractivity contribution is 0.628. The lowest BCUT2D eigenvalue weighted by atomic mass is 9.66. The van der Waals surface area contributed by atoms with Gasteiger partial charge in [0.2, 0.25) is 0 Å². The number of nitrogens with zero attached hydrogens (tertiary/aromatic N) is 2. The number of benzene rings is 2. The van der Waals surface area contributed by atoms with Gasteiger partial charge in [0.05, 0.1) is 0 Å². The highest BCUT2D eigenvalue weighted by atomic mass is 15.3. The van der Waals surface area contributed by atoms with E-state index in [-0.39, 0.29) is 12.5 Å². The van der Waals surface area contributed by atoms with Gasteiger partial charge >= 0.3 is 6.98 Å². The van der Waals surface area contributed by atoms with Crippen molar-refractivity contribution in [1.29, 1.82) is 0 Å². The molecule has 0 radical (unpaired) electrons. The summed E-state index contributed by atoms with van der Waals surface area (Å²) in [6, 6.07) is 17.7. The van der Waals surface area contributed by atoms with Gasteiger partial charge in [-0.15, -0.1) is 0 Å². The van der Waals surface area contributed by atoms with Crippen LogP contribution in [0.4, 0.5) is 11.4 Å². The van der Waals surface area contributed by atoms with E-state index >= 15 is 0 Å². The number of anilines is 2. The lowest BCUT2D eigenvalue weighted by Crippen LogP contribution is -2.62. The fourth-order valence-electron chi connectivity index (χ4n) is 3.92. The molecule has 3 rings (SSSR count). The number of rotatable bonds is 2. The average molecular weight is 318 g/mol. The van der Waals surface area contributed by atoms with E-state index in [0.717, 1.165) is 0 Å². The Labute approximate surface area is 146 Å². The number of aryl methyl sites for hydroxylation is 2. The molecule has 1 aliphatic rings. The van der Waals surface area contributed by atoms with Crippen LogP contribution in [0.1, 0.15) is 31.9 Å². The van der Waals surface area contributed by atoms with Crippen molar-refractivity contribution in [3.63, 3.8) is 0 Å². The highest BCUT2D eigenvalue weighted by Gasteiger charge is 2.40. The van der Waals surface area contributed by atoms with Gasteiger partial charge in [-0.2, -0.15) is 0 Å². The number of allylic oxidation sites excluding steroid dienone is 1. The molecule has 1 aliphatic heterocycles. The maximum atomic E-state index is 2.50. The van der Waals surface area contributed by atoms with Crippen LogP contribution in [0.3, 0.4) is 0 Å². The zero-order valence-corrected chi connectivity index (χ0v) is 15.7. The minimum absolute atomic E-state index is 0.0278. The van der Waals surface area contributed by atoms with Crippen molar-refractivity contribution in [2.75, 3.05) is 9.62 Å². The summed E-state index contributed by atoms with van der Waals surface area (Å²) in [5.74, 6) is 0. The zero-order chi connectivity index (χ0) is 17.5. The molecule has 3 heteroatoms. The smallest absolute Gasteiger partial charge is 0.377 e. The maximum Gasteiger partial charge on any atom is 0.377 e. The minimum Gasteiger partial charge on any atom is -0.388 e. The summed E-state index contributed by atoms with van der Waals surface area (Å²) >= 11 is 0. The average Bonchev–Trinajstić information content (AvgIpc) is 2.50. The molecule has 0 aromatic heterocycles. The van der Waals surface area contributed by atoms with E-state index in [0.29, 0.717) is 0 Å². The number of hydrogen-bond acceptors (Lipinski definition) is 2. The molecule has 0 N–H and O–H groups in total. The van der Waals surface area contributed by atoms with Gasteiger partial charge in [0, 0.05) is 22.6 Å². The highest BCUT2D eigenvalue weighted by Crippen LogP contribution is 2.36.